The molecule has 1 heterocycles. The minimum Gasteiger partial charge on any atom is -0.399 e. The SMILES string of the molecule is Cc1ccc(N)cc1-c1nc(-c2cccc(F)c2)no1. The lowest BCUT2D eigenvalue weighted by molar-refractivity contribution is 0.432. The Morgan fingerprint density at radius 3 is 2.80 bits per heavy atom. The fraction of sp³-hybridized carbons (Fsp3) is 0.0667. The van der Waals surface area contributed by atoms with Crippen molar-refractivity contribution in [2.24, 2.45) is 0 Å². The number of hydrogen-bond donors (Lipinski definition) is 1. The minimum absolute atomic E-state index is 0.339. The fourth-order valence-electron chi connectivity index (χ4n) is 1.95. The third-order valence-electron chi connectivity index (χ3n) is 3.00. The van der Waals surface area contributed by atoms with Gasteiger partial charge in [0.05, 0.1) is 0 Å². The minimum atomic E-state index is -0.339. The van der Waals surface area contributed by atoms with Crippen molar-refractivity contribution >= 4 is 5.69 Å². The molecule has 3 rings (SSSR count). The topological polar surface area (TPSA) is 64.9 Å². The van der Waals surface area contributed by atoms with Gasteiger partial charge in [0.1, 0.15) is 5.82 Å². The lowest BCUT2D eigenvalue weighted by atomic mass is 10.1. The summed E-state index contributed by atoms with van der Waals surface area (Å²) in [4.78, 5) is 4.29. The molecule has 2 aromatic carbocycles. The van der Waals surface area contributed by atoms with Crippen LogP contribution in [0.1, 0.15) is 5.56 Å². The van der Waals surface area contributed by atoms with Crippen molar-refractivity contribution in [3.05, 3.63) is 53.8 Å². The molecule has 100 valence electrons. The highest BCUT2D eigenvalue weighted by Gasteiger charge is 2.13. The van der Waals surface area contributed by atoms with Crippen LogP contribution in [0.4, 0.5) is 10.1 Å². The number of aryl methyl sites for hydroxylation is 1. The number of halogens is 1. The maximum absolute atomic E-state index is 13.2. The van der Waals surface area contributed by atoms with Crippen LogP contribution >= 0.6 is 0 Å². The van der Waals surface area contributed by atoms with Gasteiger partial charge in [0.2, 0.25) is 5.82 Å². The van der Waals surface area contributed by atoms with Crippen LogP contribution in [-0.4, -0.2) is 10.1 Å². The molecule has 20 heavy (non-hydrogen) atoms. The van der Waals surface area contributed by atoms with Crippen LogP contribution in [0.25, 0.3) is 22.8 Å². The summed E-state index contributed by atoms with van der Waals surface area (Å²) in [5.41, 5.74) is 8.71. The maximum Gasteiger partial charge on any atom is 0.258 e. The van der Waals surface area contributed by atoms with Crippen LogP contribution in [0, 0.1) is 12.7 Å². The van der Waals surface area contributed by atoms with Crippen LogP contribution in [0.5, 0.6) is 0 Å². The van der Waals surface area contributed by atoms with Crippen LogP contribution in [0.2, 0.25) is 0 Å². The second-order valence-corrected chi connectivity index (χ2v) is 4.51. The molecular weight excluding hydrogens is 257 g/mol. The Hall–Kier alpha value is -2.69. The maximum atomic E-state index is 13.2. The molecule has 0 saturated heterocycles. The molecule has 3 aromatic rings. The summed E-state index contributed by atoms with van der Waals surface area (Å²) in [7, 11) is 0. The Bertz CT molecular complexity index is 767. The normalized spacial score (nSPS) is 10.7. The number of anilines is 1. The molecule has 0 fully saturated rings. The molecule has 0 bridgehead atoms. The zero-order valence-corrected chi connectivity index (χ0v) is 10.8. The van der Waals surface area contributed by atoms with Crippen LogP contribution in [-0.2, 0) is 0 Å². The van der Waals surface area contributed by atoms with Crippen LogP contribution in [0.3, 0.4) is 0 Å². The first-order valence-electron chi connectivity index (χ1n) is 6.09. The summed E-state index contributed by atoms with van der Waals surface area (Å²) in [6.45, 7) is 1.93. The number of nitrogens with two attached hydrogens (primary N) is 1. The summed E-state index contributed by atoms with van der Waals surface area (Å²) in [6.07, 6.45) is 0. The third-order valence-corrected chi connectivity index (χ3v) is 3.00. The summed E-state index contributed by atoms with van der Waals surface area (Å²) in [5, 5.41) is 3.88. The quantitative estimate of drug-likeness (QED) is 0.724. The predicted octanol–water partition coefficient (Wildman–Crippen LogP) is 3.43. The average molecular weight is 269 g/mol. The third kappa shape index (κ3) is 2.25. The molecule has 0 unspecified atom stereocenters. The van der Waals surface area contributed by atoms with Gasteiger partial charge in [-0.2, -0.15) is 4.98 Å². The van der Waals surface area contributed by atoms with E-state index in [1.807, 2.05) is 19.1 Å². The van der Waals surface area contributed by atoms with E-state index in [-0.39, 0.29) is 5.82 Å². The van der Waals surface area contributed by atoms with Crippen molar-refractivity contribution in [2.75, 3.05) is 5.73 Å². The molecule has 0 radical (unpaired) electrons. The zero-order chi connectivity index (χ0) is 14.1. The van der Waals surface area contributed by atoms with E-state index in [2.05, 4.69) is 10.1 Å². The first-order valence-corrected chi connectivity index (χ1v) is 6.09. The lowest BCUT2D eigenvalue weighted by Crippen LogP contribution is -1.89. The summed E-state index contributed by atoms with van der Waals surface area (Å²) < 4.78 is 18.4. The average Bonchev–Trinajstić information content (AvgIpc) is 2.91. The standard InChI is InChI=1S/C15H12FN3O/c1-9-5-6-12(17)8-13(9)15-18-14(19-20-15)10-3-2-4-11(16)7-10/h2-8H,17H2,1H3. The zero-order valence-electron chi connectivity index (χ0n) is 10.8. The monoisotopic (exact) mass is 269 g/mol. The smallest absolute Gasteiger partial charge is 0.258 e. The van der Waals surface area contributed by atoms with Crippen molar-refractivity contribution in [1.82, 2.24) is 10.1 Å². The first kappa shape index (κ1) is 12.3. The molecule has 0 aliphatic carbocycles. The van der Waals surface area contributed by atoms with Crippen molar-refractivity contribution in [2.45, 2.75) is 6.92 Å². The summed E-state index contributed by atoms with van der Waals surface area (Å²) >= 11 is 0. The first-order chi connectivity index (χ1) is 9.63. The second-order valence-electron chi connectivity index (χ2n) is 4.51. The number of rotatable bonds is 2. The largest absolute Gasteiger partial charge is 0.399 e. The molecule has 4 nitrogen and oxygen atoms in total. The Morgan fingerprint density at radius 1 is 1.15 bits per heavy atom. The van der Waals surface area contributed by atoms with Crippen molar-refractivity contribution < 1.29 is 8.91 Å². The van der Waals surface area contributed by atoms with Gasteiger partial charge in [-0.15, -0.1) is 0 Å². The van der Waals surface area contributed by atoms with E-state index in [0.717, 1.165) is 11.1 Å². The Balaban J connectivity index is 2.04. The molecule has 0 aliphatic rings. The van der Waals surface area contributed by atoms with Gasteiger partial charge in [-0.05, 0) is 36.8 Å². The van der Waals surface area contributed by atoms with E-state index in [0.29, 0.717) is 23.0 Å². The second kappa shape index (κ2) is 4.77. The Kier molecular flexibility index (Phi) is 2.95. The van der Waals surface area contributed by atoms with E-state index in [1.165, 1.54) is 12.1 Å². The molecule has 0 saturated carbocycles. The number of aromatic nitrogens is 2. The number of hydrogen-bond acceptors (Lipinski definition) is 4. The molecule has 2 N–H and O–H groups in total. The molecule has 0 spiro atoms. The summed E-state index contributed by atoms with van der Waals surface area (Å²) in [5.74, 6) is 0.379. The van der Waals surface area contributed by atoms with Crippen molar-refractivity contribution in [3.63, 3.8) is 0 Å². The van der Waals surface area contributed by atoms with Crippen LogP contribution < -0.4 is 5.73 Å². The highest BCUT2D eigenvalue weighted by molar-refractivity contribution is 5.66. The lowest BCUT2D eigenvalue weighted by Gasteiger charge is -2.01. The van der Waals surface area contributed by atoms with E-state index in [1.54, 1.807) is 18.2 Å². The van der Waals surface area contributed by atoms with Gasteiger partial charge < -0.3 is 10.3 Å². The van der Waals surface area contributed by atoms with Crippen molar-refractivity contribution in [3.8, 4) is 22.8 Å². The van der Waals surface area contributed by atoms with Gasteiger partial charge in [-0.25, -0.2) is 4.39 Å². The van der Waals surface area contributed by atoms with Crippen LogP contribution in [0.15, 0.2) is 47.0 Å². The van der Waals surface area contributed by atoms with Gasteiger partial charge in [-0.3, -0.25) is 0 Å². The molecule has 0 atom stereocenters. The van der Waals surface area contributed by atoms with Gasteiger partial charge >= 0.3 is 0 Å². The number of nitrogen functional groups attached to an aromatic ring is 1. The van der Waals surface area contributed by atoms with Crippen molar-refractivity contribution in [1.29, 1.82) is 0 Å². The molecule has 0 amide bonds. The Labute approximate surface area is 115 Å². The molecule has 0 aliphatic heterocycles. The number of nitrogens with zero attached hydrogens (tertiary/aromatic N) is 2. The van der Waals surface area contributed by atoms with Gasteiger partial charge in [-0.1, -0.05) is 23.4 Å². The molecule has 1 aromatic heterocycles. The van der Waals surface area contributed by atoms with Gasteiger partial charge in [0, 0.05) is 16.8 Å². The van der Waals surface area contributed by atoms with E-state index in [4.69, 9.17) is 10.3 Å². The van der Waals surface area contributed by atoms with Gasteiger partial charge in [0.15, 0.2) is 0 Å². The highest BCUT2D eigenvalue weighted by atomic mass is 19.1. The predicted molar refractivity (Wildman–Crippen MR) is 74.3 cm³/mol. The molecule has 5 heteroatoms. The van der Waals surface area contributed by atoms with Gasteiger partial charge in [0.25, 0.3) is 5.89 Å². The van der Waals surface area contributed by atoms with E-state index < -0.39 is 0 Å². The fourth-order valence-corrected chi connectivity index (χ4v) is 1.95. The van der Waals surface area contributed by atoms with E-state index in [9.17, 15) is 4.39 Å². The van der Waals surface area contributed by atoms with E-state index >= 15 is 0 Å². The molecular formula is C15H12FN3O. The highest BCUT2D eigenvalue weighted by Crippen LogP contribution is 2.26. The Morgan fingerprint density at radius 2 is 2.00 bits per heavy atom. The number of benzene rings is 2. The summed E-state index contributed by atoms with van der Waals surface area (Å²) in [6, 6.07) is 11.5.